The van der Waals surface area contributed by atoms with E-state index in [-0.39, 0.29) is 17.3 Å². The molecule has 0 spiro atoms. The average molecular weight is 278 g/mol. The van der Waals surface area contributed by atoms with Gasteiger partial charge >= 0.3 is 5.97 Å². The summed E-state index contributed by atoms with van der Waals surface area (Å²) in [6.07, 6.45) is 0.796. The van der Waals surface area contributed by atoms with Gasteiger partial charge in [-0.15, -0.1) is 0 Å². The Hall–Kier alpha value is -2.44. The number of hydrogen-bond donors (Lipinski definition) is 2. The summed E-state index contributed by atoms with van der Waals surface area (Å²) in [5, 5.41) is 22.2. The smallest absolute Gasteiger partial charge is 0.306 e. The molecule has 1 amide bonds. The summed E-state index contributed by atoms with van der Waals surface area (Å²) in [6, 6.07) is 3.99. The van der Waals surface area contributed by atoms with Crippen molar-refractivity contribution in [2.45, 2.75) is 25.8 Å². The molecular formula is C13H14N2O5. The SMILES string of the molecule is Cc1cc(C(=O)NC2CC(C(=O)O)C2)cc([N+](=O)[O-])c1. The first-order valence-corrected chi connectivity index (χ1v) is 6.16. The number of aliphatic carboxylic acids is 1. The van der Waals surface area contributed by atoms with Gasteiger partial charge in [-0.2, -0.15) is 0 Å². The molecule has 0 saturated heterocycles. The highest BCUT2D eigenvalue weighted by Crippen LogP contribution is 2.28. The van der Waals surface area contributed by atoms with Crippen LogP contribution in [0.5, 0.6) is 0 Å². The molecule has 7 nitrogen and oxygen atoms in total. The first kappa shape index (κ1) is 14.0. The molecule has 2 N–H and O–H groups in total. The molecular weight excluding hydrogens is 264 g/mol. The number of rotatable bonds is 4. The molecule has 1 aromatic carbocycles. The number of carbonyl (C=O) groups excluding carboxylic acids is 1. The number of carboxylic acids is 1. The number of carboxylic acid groups (broad SMARTS) is 1. The second kappa shape index (κ2) is 5.28. The van der Waals surface area contributed by atoms with Gasteiger partial charge in [-0.05, 0) is 31.4 Å². The molecule has 0 radical (unpaired) electrons. The maximum Gasteiger partial charge on any atom is 0.306 e. The first-order valence-electron chi connectivity index (χ1n) is 6.16. The molecule has 0 bridgehead atoms. The Morgan fingerprint density at radius 1 is 1.35 bits per heavy atom. The predicted octanol–water partition coefficient (Wildman–Crippen LogP) is 1.50. The Morgan fingerprint density at radius 3 is 2.55 bits per heavy atom. The highest BCUT2D eigenvalue weighted by atomic mass is 16.6. The Labute approximate surface area is 114 Å². The molecule has 0 aromatic heterocycles. The summed E-state index contributed by atoms with van der Waals surface area (Å²) < 4.78 is 0. The molecule has 1 saturated carbocycles. The minimum absolute atomic E-state index is 0.132. The Kier molecular flexibility index (Phi) is 3.69. The monoisotopic (exact) mass is 278 g/mol. The lowest BCUT2D eigenvalue weighted by Crippen LogP contribution is -2.46. The standard InChI is InChI=1S/C13H14N2O5/c1-7-2-8(6-11(3-7)15(19)20)12(16)14-10-4-9(5-10)13(17)18/h2-3,6,9-10H,4-5H2,1H3,(H,14,16)(H,17,18). The number of hydrogen-bond acceptors (Lipinski definition) is 4. The van der Waals surface area contributed by atoms with Gasteiger partial charge in [0, 0.05) is 23.7 Å². The lowest BCUT2D eigenvalue weighted by atomic mass is 9.80. The number of benzene rings is 1. The topological polar surface area (TPSA) is 110 Å². The van der Waals surface area contributed by atoms with Crippen molar-refractivity contribution >= 4 is 17.6 Å². The van der Waals surface area contributed by atoms with Crippen molar-refractivity contribution in [1.29, 1.82) is 0 Å². The number of non-ortho nitro benzene ring substituents is 1. The first-order chi connectivity index (χ1) is 9.36. The van der Waals surface area contributed by atoms with Gasteiger partial charge in [0.1, 0.15) is 0 Å². The number of nitrogens with zero attached hydrogens (tertiary/aromatic N) is 1. The van der Waals surface area contributed by atoms with E-state index in [4.69, 9.17) is 5.11 Å². The fraction of sp³-hybridized carbons (Fsp3) is 0.385. The molecule has 2 rings (SSSR count). The van der Waals surface area contributed by atoms with Crippen molar-refractivity contribution in [3.63, 3.8) is 0 Å². The van der Waals surface area contributed by atoms with Gasteiger partial charge in [0.05, 0.1) is 10.8 Å². The van der Waals surface area contributed by atoms with Crippen LogP contribution in [0.15, 0.2) is 18.2 Å². The van der Waals surface area contributed by atoms with Crippen LogP contribution in [-0.4, -0.2) is 27.9 Å². The second-order valence-corrected chi connectivity index (χ2v) is 4.99. The lowest BCUT2D eigenvalue weighted by Gasteiger charge is -2.32. The third-order valence-electron chi connectivity index (χ3n) is 3.36. The Bertz CT molecular complexity index is 578. The summed E-state index contributed by atoms with van der Waals surface area (Å²) in [7, 11) is 0. The zero-order chi connectivity index (χ0) is 14.9. The minimum Gasteiger partial charge on any atom is -0.481 e. The molecule has 106 valence electrons. The minimum atomic E-state index is -0.860. The fourth-order valence-corrected chi connectivity index (χ4v) is 2.21. The van der Waals surface area contributed by atoms with E-state index >= 15 is 0 Å². The molecule has 0 unspecified atom stereocenters. The number of nitro groups is 1. The van der Waals surface area contributed by atoms with Gasteiger partial charge in [-0.25, -0.2) is 0 Å². The molecule has 1 fully saturated rings. The van der Waals surface area contributed by atoms with Gasteiger partial charge in [-0.3, -0.25) is 19.7 Å². The van der Waals surface area contributed by atoms with Crippen LogP contribution in [0, 0.1) is 23.0 Å². The molecule has 1 aliphatic rings. The van der Waals surface area contributed by atoms with Gasteiger partial charge in [-0.1, -0.05) is 0 Å². The summed E-state index contributed by atoms with van der Waals surface area (Å²) in [6.45, 7) is 1.67. The zero-order valence-corrected chi connectivity index (χ0v) is 10.8. The van der Waals surface area contributed by atoms with E-state index in [2.05, 4.69) is 5.32 Å². The average Bonchev–Trinajstić information content (AvgIpc) is 2.31. The van der Waals surface area contributed by atoms with E-state index < -0.39 is 22.7 Å². The molecule has 20 heavy (non-hydrogen) atoms. The Balaban J connectivity index is 2.03. The highest BCUT2D eigenvalue weighted by Gasteiger charge is 2.35. The Morgan fingerprint density at radius 2 is 2.00 bits per heavy atom. The molecule has 1 aliphatic carbocycles. The van der Waals surface area contributed by atoms with Crippen LogP contribution in [0.2, 0.25) is 0 Å². The number of carbonyl (C=O) groups is 2. The van der Waals surface area contributed by atoms with Crippen LogP contribution < -0.4 is 5.32 Å². The van der Waals surface area contributed by atoms with Crippen molar-refractivity contribution in [2.24, 2.45) is 5.92 Å². The van der Waals surface area contributed by atoms with Gasteiger partial charge in [0.15, 0.2) is 0 Å². The largest absolute Gasteiger partial charge is 0.481 e. The van der Waals surface area contributed by atoms with Crippen LogP contribution in [0.3, 0.4) is 0 Å². The van der Waals surface area contributed by atoms with Crippen molar-refractivity contribution in [1.82, 2.24) is 5.32 Å². The maximum atomic E-state index is 12.0. The summed E-state index contributed by atoms with van der Waals surface area (Å²) in [5.41, 5.74) is 0.712. The predicted molar refractivity (Wildman–Crippen MR) is 69.4 cm³/mol. The summed E-state index contributed by atoms with van der Waals surface area (Å²) in [4.78, 5) is 32.8. The molecule has 0 heterocycles. The van der Waals surface area contributed by atoms with Gasteiger partial charge < -0.3 is 10.4 Å². The van der Waals surface area contributed by atoms with Gasteiger partial charge in [0.25, 0.3) is 11.6 Å². The summed E-state index contributed by atoms with van der Waals surface area (Å²) in [5.74, 6) is -1.68. The van der Waals surface area contributed by atoms with Crippen LogP contribution in [0.1, 0.15) is 28.8 Å². The van der Waals surface area contributed by atoms with E-state index in [0.29, 0.717) is 18.4 Å². The van der Waals surface area contributed by atoms with Crippen molar-refractivity contribution in [3.8, 4) is 0 Å². The summed E-state index contributed by atoms with van der Waals surface area (Å²) >= 11 is 0. The van der Waals surface area contributed by atoms with Crippen LogP contribution >= 0.6 is 0 Å². The van der Waals surface area contributed by atoms with Crippen LogP contribution in [0.4, 0.5) is 5.69 Å². The number of nitrogens with one attached hydrogen (secondary N) is 1. The molecule has 7 heteroatoms. The fourth-order valence-electron chi connectivity index (χ4n) is 2.21. The third kappa shape index (κ3) is 2.93. The molecule has 1 aromatic rings. The van der Waals surface area contributed by atoms with Crippen LogP contribution in [0.25, 0.3) is 0 Å². The van der Waals surface area contributed by atoms with E-state index in [9.17, 15) is 19.7 Å². The third-order valence-corrected chi connectivity index (χ3v) is 3.36. The normalized spacial score (nSPS) is 20.9. The maximum absolute atomic E-state index is 12.0. The van der Waals surface area contributed by atoms with Crippen molar-refractivity contribution < 1.29 is 19.6 Å². The van der Waals surface area contributed by atoms with Crippen molar-refractivity contribution in [2.75, 3.05) is 0 Å². The number of aryl methyl sites for hydroxylation is 1. The second-order valence-electron chi connectivity index (χ2n) is 4.99. The van der Waals surface area contributed by atoms with Gasteiger partial charge in [0.2, 0.25) is 0 Å². The molecule has 0 atom stereocenters. The quantitative estimate of drug-likeness (QED) is 0.640. The van der Waals surface area contributed by atoms with Crippen molar-refractivity contribution in [3.05, 3.63) is 39.4 Å². The van der Waals surface area contributed by atoms with E-state index in [1.54, 1.807) is 13.0 Å². The van der Waals surface area contributed by atoms with Crippen LogP contribution in [-0.2, 0) is 4.79 Å². The lowest BCUT2D eigenvalue weighted by molar-refractivity contribution is -0.384. The number of amides is 1. The van der Waals surface area contributed by atoms with E-state index in [1.807, 2.05) is 0 Å². The highest BCUT2D eigenvalue weighted by molar-refractivity contribution is 5.95. The molecule has 0 aliphatic heterocycles. The van der Waals surface area contributed by atoms with E-state index in [0.717, 1.165) is 0 Å². The zero-order valence-electron chi connectivity index (χ0n) is 10.8. The van der Waals surface area contributed by atoms with E-state index in [1.165, 1.54) is 12.1 Å². The number of nitro benzene ring substituents is 1.